The molecule has 0 bridgehead atoms. The van der Waals surface area contributed by atoms with Crippen LogP contribution in [-0.2, 0) is 6.54 Å². The molecule has 0 aliphatic carbocycles. The summed E-state index contributed by atoms with van der Waals surface area (Å²) in [5.41, 5.74) is 2.20. The van der Waals surface area contributed by atoms with Crippen molar-refractivity contribution in [1.82, 2.24) is 9.78 Å². The minimum absolute atomic E-state index is 0.143. The number of fused-ring (bicyclic) bond motifs is 1. The van der Waals surface area contributed by atoms with Gasteiger partial charge in [0.05, 0.1) is 18.4 Å². The van der Waals surface area contributed by atoms with Crippen molar-refractivity contribution in [3.05, 3.63) is 66.5 Å². The van der Waals surface area contributed by atoms with Crippen LogP contribution in [0.3, 0.4) is 0 Å². The predicted octanol–water partition coefficient (Wildman–Crippen LogP) is 3.04. The van der Waals surface area contributed by atoms with Gasteiger partial charge in [0.1, 0.15) is 6.61 Å². The SMILES string of the molecule is CN(C)c1cccc(C(=O)Nc2cnn(C[C@@H]3COc4ccccc4O3)c2)c1. The van der Waals surface area contributed by atoms with Gasteiger partial charge in [-0.15, -0.1) is 0 Å². The van der Waals surface area contributed by atoms with Gasteiger partial charge in [0.2, 0.25) is 0 Å². The van der Waals surface area contributed by atoms with Crippen LogP contribution in [0.4, 0.5) is 11.4 Å². The second-order valence-corrected chi connectivity index (χ2v) is 6.85. The highest BCUT2D eigenvalue weighted by atomic mass is 16.6. The second-order valence-electron chi connectivity index (χ2n) is 6.85. The molecule has 0 saturated carbocycles. The molecular formula is C21H22N4O3. The quantitative estimate of drug-likeness (QED) is 0.739. The topological polar surface area (TPSA) is 68.6 Å². The molecule has 7 nitrogen and oxygen atoms in total. The number of para-hydroxylation sites is 2. The van der Waals surface area contributed by atoms with Gasteiger partial charge in [0.15, 0.2) is 17.6 Å². The van der Waals surface area contributed by atoms with Crippen LogP contribution in [0.15, 0.2) is 60.9 Å². The molecule has 0 radical (unpaired) electrons. The van der Waals surface area contributed by atoms with Crippen molar-refractivity contribution in [3.8, 4) is 11.5 Å². The van der Waals surface area contributed by atoms with E-state index in [-0.39, 0.29) is 12.0 Å². The van der Waals surface area contributed by atoms with Crippen LogP contribution in [0.5, 0.6) is 11.5 Å². The Bertz CT molecular complexity index is 983. The molecule has 1 N–H and O–H groups in total. The van der Waals surface area contributed by atoms with Gasteiger partial charge in [-0.25, -0.2) is 0 Å². The van der Waals surface area contributed by atoms with Crippen molar-refractivity contribution < 1.29 is 14.3 Å². The maximum Gasteiger partial charge on any atom is 0.255 e. The molecule has 1 amide bonds. The number of anilines is 2. The third-order valence-corrected chi connectivity index (χ3v) is 4.47. The summed E-state index contributed by atoms with van der Waals surface area (Å²) in [5.74, 6) is 1.32. The Labute approximate surface area is 163 Å². The van der Waals surface area contributed by atoms with Crippen LogP contribution >= 0.6 is 0 Å². The standard InChI is InChI=1S/C21H22N4O3/c1-24(2)17-7-5-6-15(10-17)21(26)23-16-11-22-25(12-16)13-18-14-27-19-8-3-4-9-20(19)28-18/h3-12,18H,13-14H2,1-2H3,(H,23,26)/t18-/m1/s1. The molecule has 144 valence electrons. The van der Waals surface area contributed by atoms with Gasteiger partial charge in [-0.3, -0.25) is 9.48 Å². The lowest BCUT2D eigenvalue weighted by Gasteiger charge is -2.26. The Hall–Kier alpha value is -3.48. The number of hydrogen-bond donors (Lipinski definition) is 1. The lowest BCUT2D eigenvalue weighted by Crippen LogP contribution is -2.33. The van der Waals surface area contributed by atoms with Gasteiger partial charge in [-0.1, -0.05) is 18.2 Å². The number of rotatable bonds is 5. The van der Waals surface area contributed by atoms with E-state index < -0.39 is 0 Å². The Kier molecular flexibility index (Phi) is 4.89. The molecule has 1 aliphatic rings. The summed E-state index contributed by atoms with van der Waals surface area (Å²) in [6.07, 6.45) is 3.28. The first-order chi connectivity index (χ1) is 13.6. The van der Waals surface area contributed by atoms with Gasteiger partial charge in [-0.2, -0.15) is 5.10 Å². The number of ether oxygens (including phenoxy) is 2. The molecule has 28 heavy (non-hydrogen) atoms. The molecule has 4 rings (SSSR count). The summed E-state index contributed by atoms with van der Waals surface area (Å²) in [7, 11) is 3.88. The van der Waals surface area contributed by atoms with Crippen LogP contribution in [0, 0.1) is 0 Å². The van der Waals surface area contributed by atoms with E-state index in [0.29, 0.717) is 24.4 Å². The third-order valence-electron chi connectivity index (χ3n) is 4.47. The van der Waals surface area contributed by atoms with Gasteiger partial charge in [0, 0.05) is 31.5 Å². The maximum atomic E-state index is 12.5. The molecule has 0 saturated heterocycles. The number of benzene rings is 2. The highest BCUT2D eigenvalue weighted by molar-refractivity contribution is 6.04. The van der Waals surface area contributed by atoms with Crippen LogP contribution < -0.4 is 19.7 Å². The lowest BCUT2D eigenvalue weighted by molar-refractivity contribution is 0.0759. The summed E-state index contributed by atoms with van der Waals surface area (Å²) < 4.78 is 13.4. The normalized spacial score (nSPS) is 15.1. The fraction of sp³-hybridized carbons (Fsp3) is 0.238. The zero-order valence-electron chi connectivity index (χ0n) is 15.8. The molecule has 7 heteroatoms. The molecule has 0 fully saturated rings. The molecule has 3 aromatic rings. The van der Waals surface area contributed by atoms with E-state index in [1.807, 2.05) is 61.5 Å². The number of nitrogens with one attached hydrogen (secondary N) is 1. The van der Waals surface area contributed by atoms with Crippen molar-refractivity contribution in [2.75, 3.05) is 30.9 Å². The molecule has 1 atom stereocenters. The summed E-state index contributed by atoms with van der Waals surface area (Å²) >= 11 is 0. The van der Waals surface area contributed by atoms with E-state index >= 15 is 0 Å². The van der Waals surface area contributed by atoms with Gasteiger partial charge in [0.25, 0.3) is 5.91 Å². The number of hydrogen-bond acceptors (Lipinski definition) is 5. The zero-order chi connectivity index (χ0) is 19.5. The number of aromatic nitrogens is 2. The summed E-state index contributed by atoms with van der Waals surface area (Å²) in [6.45, 7) is 0.982. The largest absolute Gasteiger partial charge is 0.486 e. The van der Waals surface area contributed by atoms with E-state index in [4.69, 9.17) is 9.47 Å². The fourth-order valence-corrected chi connectivity index (χ4v) is 3.02. The smallest absolute Gasteiger partial charge is 0.255 e. The van der Waals surface area contributed by atoms with E-state index in [2.05, 4.69) is 10.4 Å². The number of amides is 1. The first-order valence-corrected chi connectivity index (χ1v) is 9.08. The van der Waals surface area contributed by atoms with E-state index in [0.717, 1.165) is 17.2 Å². The maximum absolute atomic E-state index is 12.5. The fourth-order valence-electron chi connectivity index (χ4n) is 3.02. The monoisotopic (exact) mass is 378 g/mol. The zero-order valence-corrected chi connectivity index (χ0v) is 15.8. The molecular weight excluding hydrogens is 356 g/mol. The molecule has 1 aromatic heterocycles. The number of nitrogens with zero attached hydrogens (tertiary/aromatic N) is 3. The van der Waals surface area contributed by atoms with Crippen molar-refractivity contribution >= 4 is 17.3 Å². The van der Waals surface area contributed by atoms with Gasteiger partial charge in [-0.05, 0) is 30.3 Å². The van der Waals surface area contributed by atoms with Crippen LogP contribution in [-0.4, -0.2) is 42.5 Å². The van der Waals surface area contributed by atoms with Crippen LogP contribution in [0.1, 0.15) is 10.4 Å². The Morgan fingerprint density at radius 2 is 2.04 bits per heavy atom. The van der Waals surface area contributed by atoms with Crippen LogP contribution in [0.2, 0.25) is 0 Å². The highest BCUT2D eigenvalue weighted by Crippen LogP contribution is 2.31. The minimum Gasteiger partial charge on any atom is -0.486 e. The van der Waals surface area contributed by atoms with E-state index in [9.17, 15) is 4.79 Å². The Morgan fingerprint density at radius 3 is 2.86 bits per heavy atom. The Balaban J connectivity index is 1.38. The van der Waals surface area contributed by atoms with Crippen LogP contribution in [0.25, 0.3) is 0 Å². The van der Waals surface area contributed by atoms with Crippen molar-refractivity contribution in [2.45, 2.75) is 12.6 Å². The first kappa shape index (κ1) is 17.9. The molecule has 2 heterocycles. The third kappa shape index (κ3) is 3.93. The first-order valence-electron chi connectivity index (χ1n) is 9.08. The summed E-state index contributed by atoms with van der Waals surface area (Å²) in [5, 5.41) is 7.20. The molecule has 0 unspecified atom stereocenters. The van der Waals surface area contributed by atoms with Gasteiger partial charge >= 0.3 is 0 Å². The molecule has 0 spiro atoms. The molecule has 1 aliphatic heterocycles. The average Bonchev–Trinajstić information content (AvgIpc) is 3.14. The van der Waals surface area contributed by atoms with E-state index in [1.54, 1.807) is 23.1 Å². The molecule has 2 aromatic carbocycles. The second kappa shape index (κ2) is 7.64. The van der Waals surface area contributed by atoms with E-state index in [1.165, 1.54) is 0 Å². The Morgan fingerprint density at radius 1 is 1.21 bits per heavy atom. The van der Waals surface area contributed by atoms with Crippen molar-refractivity contribution in [3.63, 3.8) is 0 Å². The average molecular weight is 378 g/mol. The van der Waals surface area contributed by atoms with Crippen molar-refractivity contribution in [1.29, 1.82) is 0 Å². The van der Waals surface area contributed by atoms with Gasteiger partial charge < -0.3 is 19.7 Å². The summed E-state index contributed by atoms with van der Waals surface area (Å²) in [6, 6.07) is 15.1. The van der Waals surface area contributed by atoms with Crippen molar-refractivity contribution in [2.24, 2.45) is 0 Å². The predicted molar refractivity (Wildman–Crippen MR) is 107 cm³/mol. The minimum atomic E-state index is -0.172. The highest BCUT2D eigenvalue weighted by Gasteiger charge is 2.21. The number of carbonyl (C=O) groups is 1. The summed E-state index contributed by atoms with van der Waals surface area (Å²) in [4.78, 5) is 14.5. The number of carbonyl (C=O) groups excluding carboxylic acids is 1. The lowest BCUT2D eigenvalue weighted by atomic mass is 10.2.